The molecule has 2 N–H and O–H groups in total. The molecule has 2 atom stereocenters. The van der Waals surface area contributed by atoms with Crippen LogP contribution in [0, 0.1) is 5.92 Å². The van der Waals surface area contributed by atoms with Crippen LogP contribution in [0.25, 0.3) is 0 Å². The van der Waals surface area contributed by atoms with Crippen LogP contribution in [0.1, 0.15) is 12.8 Å². The maximum atomic E-state index is 5.48. The highest BCUT2D eigenvalue weighted by Crippen LogP contribution is 2.20. The van der Waals surface area contributed by atoms with E-state index in [1.807, 2.05) is 0 Å². The van der Waals surface area contributed by atoms with E-state index in [9.17, 15) is 0 Å². The number of hydrogen-bond donors (Lipinski definition) is 2. The van der Waals surface area contributed by atoms with Crippen molar-refractivity contribution in [3.63, 3.8) is 0 Å². The predicted octanol–water partition coefficient (Wildman–Crippen LogP) is 0.628. The molecule has 1 aliphatic rings. The van der Waals surface area contributed by atoms with Gasteiger partial charge < -0.3 is 10.5 Å². The second-order valence-corrected chi connectivity index (χ2v) is 3.03. The first-order valence-electron chi connectivity index (χ1n) is 3.32. The monoisotopic (exact) mass is 147 g/mol. The zero-order valence-corrected chi connectivity index (χ0v) is 6.31. The summed E-state index contributed by atoms with van der Waals surface area (Å²) in [5.41, 5.74) is 5.61. The SMILES string of the molecule is NCC1CCOC(S)C1. The Morgan fingerprint density at radius 1 is 1.67 bits per heavy atom. The molecule has 0 saturated carbocycles. The van der Waals surface area contributed by atoms with E-state index in [0.29, 0.717) is 5.92 Å². The van der Waals surface area contributed by atoms with E-state index in [1.54, 1.807) is 0 Å². The van der Waals surface area contributed by atoms with E-state index in [1.165, 1.54) is 0 Å². The molecule has 9 heavy (non-hydrogen) atoms. The summed E-state index contributed by atoms with van der Waals surface area (Å²) in [6, 6.07) is 0. The van der Waals surface area contributed by atoms with Crippen molar-refractivity contribution in [2.45, 2.75) is 18.3 Å². The fourth-order valence-electron chi connectivity index (χ4n) is 1.06. The molecule has 1 saturated heterocycles. The van der Waals surface area contributed by atoms with Crippen LogP contribution in [0.15, 0.2) is 0 Å². The van der Waals surface area contributed by atoms with E-state index in [0.717, 1.165) is 26.0 Å². The topological polar surface area (TPSA) is 35.2 Å². The zero-order valence-electron chi connectivity index (χ0n) is 5.42. The molecule has 1 heterocycles. The fraction of sp³-hybridized carbons (Fsp3) is 1.00. The van der Waals surface area contributed by atoms with Gasteiger partial charge in [-0.05, 0) is 25.3 Å². The molecular formula is C6H13NOS. The van der Waals surface area contributed by atoms with Crippen LogP contribution in [0.5, 0.6) is 0 Å². The summed E-state index contributed by atoms with van der Waals surface area (Å²) in [7, 11) is 0. The minimum absolute atomic E-state index is 0.132. The second kappa shape index (κ2) is 3.44. The molecule has 3 heteroatoms. The Morgan fingerprint density at radius 2 is 2.44 bits per heavy atom. The fourth-order valence-corrected chi connectivity index (χ4v) is 1.46. The number of ether oxygens (including phenoxy) is 1. The van der Waals surface area contributed by atoms with Gasteiger partial charge in [-0.3, -0.25) is 0 Å². The average molecular weight is 147 g/mol. The lowest BCUT2D eigenvalue weighted by Gasteiger charge is -2.25. The van der Waals surface area contributed by atoms with Gasteiger partial charge in [0.2, 0.25) is 0 Å². The van der Waals surface area contributed by atoms with Gasteiger partial charge in [0, 0.05) is 6.61 Å². The Labute approximate surface area is 61.2 Å². The van der Waals surface area contributed by atoms with Gasteiger partial charge in [-0.1, -0.05) is 0 Å². The van der Waals surface area contributed by atoms with Gasteiger partial charge in [0.15, 0.2) is 0 Å². The molecule has 0 aliphatic carbocycles. The smallest absolute Gasteiger partial charge is 0.100 e. The first-order chi connectivity index (χ1) is 4.33. The van der Waals surface area contributed by atoms with Crippen LogP contribution in [0.3, 0.4) is 0 Å². The van der Waals surface area contributed by atoms with Crippen molar-refractivity contribution >= 4 is 12.6 Å². The van der Waals surface area contributed by atoms with E-state index in [-0.39, 0.29) is 5.44 Å². The van der Waals surface area contributed by atoms with E-state index in [4.69, 9.17) is 10.5 Å². The highest BCUT2D eigenvalue weighted by atomic mass is 32.1. The van der Waals surface area contributed by atoms with Crippen molar-refractivity contribution in [2.24, 2.45) is 11.7 Å². The third-order valence-electron chi connectivity index (χ3n) is 1.70. The maximum absolute atomic E-state index is 5.48. The van der Waals surface area contributed by atoms with Gasteiger partial charge in [0.25, 0.3) is 0 Å². The molecule has 1 rings (SSSR count). The Morgan fingerprint density at radius 3 is 2.89 bits per heavy atom. The molecule has 1 aliphatic heterocycles. The van der Waals surface area contributed by atoms with Gasteiger partial charge in [0.1, 0.15) is 5.44 Å². The lowest BCUT2D eigenvalue weighted by Crippen LogP contribution is -2.26. The van der Waals surface area contributed by atoms with Gasteiger partial charge in [-0.2, -0.15) is 0 Å². The van der Waals surface area contributed by atoms with Gasteiger partial charge in [-0.15, -0.1) is 12.6 Å². The third-order valence-corrected chi connectivity index (χ3v) is 2.06. The van der Waals surface area contributed by atoms with Crippen LogP contribution < -0.4 is 5.73 Å². The number of thiol groups is 1. The summed E-state index contributed by atoms with van der Waals surface area (Å²) >= 11 is 4.20. The van der Waals surface area contributed by atoms with Gasteiger partial charge in [0.05, 0.1) is 0 Å². The summed E-state index contributed by atoms with van der Waals surface area (Å²) < 4.78 is 5.22. The summed E-state index contributed by atoms with van der Waals surface area (Å²) in [4.78, 5) is 0. The lowest BCUT2D eigenvalue weighted by atomic mass is 10.0. The predicted molar refractivity (Wildman–Crippen MR) is 40.5 cm³/mol. The molecule has 0 aromatic carbocycles. The number of hydrogen-bond acceptors (Lipinski definition) is 3. The Hall–Kier alpha value is 0.270. The average Bonchev–Trinajstić information content (AvgIpc) is 1.88. The van der Waals surface area contributed by atoms with E-state index in [2.05, 4.69) is 12.6 Å². The van der Waals surface area contributed by atoms with Crippen molar-refractivity contribution in [3.05, 3.63) is 0 Å². The molecule has 1 fully saturated rings. The summed E-state index contributed by atoms with van der Waals surface area (Å²) in [5, 5.41) is 0. The van der Waals surface area contributed by atoms with Gasteiger partial charge >= 0.3 is 0 Å². The molecule has 0 amide bonds. The summed E-state index contributed by atoms with van der Waals surface area (Å²) in [6.07, 6.45) is 2.12. The van der Waals surface area contributed by atoms with Crippen molar-refractivity contribution in [2.75, 3.05) is 13.2 Å². The summed E-state index contributed by atoms with van der Waals surface area (Å²) in [6.45, 7) is 1.61. The maximum Gasteiger partial charge on any atom is 0.100 e. The quantitative estimate of drug-likeness (QED) is 0.533. The molecule has 54 valence electrons. The Balaban J connectivity index is 2.23. The molecule has 0 spiro atoms. The molecule has 2 nitrogen and oxygen atoms in total. The van der Waals surface area contributed by atoms with Crippen LogP contribution in [-0.4, -0.2) is 18.6 Å². The van der Waals surface area contributed by atoms with Crippen LogP contribution in [-0.2, 0) is 4.74 Å². The summed E-state index contributed by atoms with van der Waals surface area (Å²) in [5.74, 6) is 0.640. The molecule has 0 aromatic heterocycles. The molecule has 0 aromatic rings. The minimum Gasteiger partial charge on any atom is -0.368 e. The van der Waals surface area contributed by atoms with Gasteiger partial charge in [-0.25, -0.2) is 0 Å². The highest BCUT2D eigenvalue weighted by molar-refractivity contribution is 7.80. The molecule has 0 bridgehead atoms. The first-order valence-corrected chi connectivity index (χ1v) is 3.84. The van der Waals surface area contributed by atoms with Crippen LogP contribution in [0.2, 0.25) is 0 Å². The van der Waals surface area contributed by atoms with Crippen molar-refractivity contribution in [1.82, 2.24) is 0 Å². The first kappa shape index (κ1) is 7.38. The van der Waals surface area contributed by atoms with Crippen LogP contribution >= 0.6 is 12.6 Å². The zero-order chi connectivity index (χ0) is 6.69. The minimum atomic E-state index is 0.132. The highest BCUT2D eigenvalue weighted by Gasteiger charge is 2.17. The molecular weight excluding hydrogens is 134 g/mol. The Bertz CT molecular complexity index is 89.1. The largest absolute Gasteiger partial charge is 0.368 e. The van der Waals surface area contributed by atoms with Crippen molar-refractivity contribution < 1.29 is 4.74 Å². The van der Waals surface area contributed by atoms with E-state index < -0.39 is 0 Å². The van der Waals surface area contributed by atoms with Crippen molar-refractivity contribution in [1.29, 1.82) is 0 Å². The second-order valence-electron chi connectivity index (χ2n) is 2.45. The number of rotatable bonds is 1. The Kier molecular flexibility index (Phi) is 2.82. The van der Waals surface area contributed by atoms with Crippen LogP contribution in [0.4, 0.5) is 0 Å². The van der Waals surface area contributed by atoms with Crippen molar-refractivity contribution in [3.8, 4) is 0 Å². The lowest BCUT2D eigenvalue weighted by molar-refractivity contribution is 0.0474. The molecule has 0 radical (unpaired) electrons. The van der Waals surface area contributed by atoms with E-state index >= 15 is 0 Å². The normalized spacial score (nSPS) is 36.7. The third kappa shape index (κ3) is 2.16. The number of nitrogens with two attached hydrogens (primary N) is 1. The standard InChI is InChI=1S/C6H13NOS/c7-4-5-1-2-8-6(9)3-5/h5-6,9H,1-4,7H2. The molecule has 2 unspecified atom stereocenters.